The van der Waals surface area contributed by atoms with Gasteiger partial charge in [0.2, 0.25) is 5.91 Å². The second-order valence-electron chi connectivity index (χ2n) is 4.77. The van der Waals surface area contributed by atoms with Gasteiger partial charge in [0.05, 0.1) is 6.04 Å². The molecule has 0 bridgehead atoms. The molecular weight excluding hydrogens is 198 g/mol. The van der Waals surface area contributed by atoms with Gasteiger partial charge in [-0.3, -0.25) is 4.79 Å². The Labute approximate surface area is 97.1 Å². The zero-order chi connectivity index (χ0) is 11.5. The molecule has 0 aliphatic heterocycles. The average Bonchev–Trinajstić information content (AvgIpc) is 2.15. The highest BCUT2D eigenvalue weighted by atomic mass is 16.1. The first-order valence-electron chi connectivity index (χ1n) is 6.04. The van der Waals surface area contributed by atoms with E-state index in [1.165, 1.54) is 17.5 Å². The quantitative estimate of drug-likeness (QED) is 0.828. The highest BCUT2D eigenvalue weighted by molar-refractivity contribution is 5.79. The molecule has 1 aromatic rings. The minimum atomic E-state index is 0.119. The van der Waals surface area contributed by atoms with Crippen LogP contribution in [0.1, 0.15) is 43.4 Å². The summed E-state index contributed by atoms with van der Waals surface area (Å²) in [6, 6.07) is 8.46. The van der Waals surface area contributed by atoms with E-state index >= 15 is 0 Å². The molecule has 1 atom stereocenters. The van der Waals surface area contributed by atoms with Crippen LogP contribution in [0, 0.1) is 12.8 Å². The second-order valence-corrected chi connectivity index (χ2v) is 4.77. The Kier molecular flexibility index (Phi) is 3.28. The van der Waals surface area contributed by atoms with E-state index in [0.717, 1.165) is 12.8 Å². The Hall–Kier alpha value is -1.31. The van der Waals surface area contributed by atoms with Crippen molar-refractivity contribution in [3.8, 4) is 0 Å². The van der Waals surface area contributed by atoms with Crippen molar-refractivity contribution in [2.75, 3.05) is 0 Å². The summed E-state index contributed by atoms with van der Waals surface area (Å²) in [6.07, 6.45) is 3.33. The first-order chi connectivity index (χ1) is 7.66. The van der Waals surface area contributed by atoms with E-state index in [1.54, 1.807) is 0 Å². The van der Waals surface area contributed by atoms with E-state index in [0.29, 0.717) is 0 Å². The minimum absolute atomic E-state index is 0.119. The van der Waals surface area contributed by atoms with Gasteiger partial charge in [0.15, 0.2) is 0 Å². The number of hydrogen-bond acceptors (Lipinski definition) is 1. The van der Waals surface area contributed by atoms with Crippen molar-refractivity contribution in [2.24, 2.45) is 5.92 Å². The van der Waals surface area contributed by atoms with Gasteiger partial charge in [0, 0.05) is 5.92 Å². The van der Waals surface area contributed by atoms with Crippen LogP contribution >= 0.6 is 0 Å². The summed E-state index contributed by atoms with van der Waals surface area (Å²) in [6.45, 7) is 4.11. The number of nitrogens with one attached hydrogen (secondary N) is 1. The summed E-state index contributed by atoms with van der Waals surface area (Å²) >= 11 is 0. The molecular formula is C14H19NO. The van der Waals surface area contributed by atoms with Crippen LogP contribution in [0.4, 0.5) is 0 Å². The summed E-state index contributed by atoms with van der Waals surface area (Å²) in [7, 11) is 0. The van der Waals surface area contributed by atoms with Gasteiger partial charge >= 0.3 is 0 Å². The van der Waals surface area contributed by atoms with E-state index in [-0.39, 0.29) is 17.9 Å². The topological polar surface area (TPSA) is 29.1 Å². The normalized spacial score (nSPS) is 17.6. The average molecular weight is 217 g/mol. The Morgan fingerprint density at radius 1 is 1.31 bits per heavy atom. The Bertz CT molecular complexity index is 365. The molecule has 1 saturated carbocycles. The van der Waals surface area contributed by atoms with Gasteiger partial charge in [0.1, 0.15) is 0 Å². The third-order valence-electron chi connectivity index (χ3n) is 3.41. The smallest absolute Gasteiger partial charge is 0.223 e. The summed E-state index contributed by atoms with van der Waals surface area (Å²) in [5.74, 6) is 0.493. The maximum absolute atomic E-state index is 11.8. The predicted molar refractivity (Wildman–Crippen MR) is 65.1 cm³/mol. The Morgan fingerprint density at radius 3 is 2.44 bits per heavy atom. The molecule has 1 fully saturated rings. The molecule has 0 radical (unpaired) electrons. The second kappa shape index (κ2) is 4.69. The molecule has 1 aliphatic rings. The lowest BCUT2D eigenvalue weighted by molar-refractivity contribution is -0.128. The van der Waals surface area contributed by atoms with Crippen molar-refractivity contribution in [1.29, 1.82) is 0 Å². The van der Waals surface area contributed by atoms with Crippen LogP contribution in [-0.2, 0) is 4.79 Å². The molecule has 0 heterocycles. The van der Waals surface area contributed by atoms with Gasteiger partial charge in [0.25, 0.3) is 0 Å². The molecule has 1 amide bonds. The molecule has 0 spiro atoms. The van der Waals surface area contributed by atoms with E-state index in [9.17, 15) is 4.79 Å². The highest BCUT2D eigenvalue weighted by Crippen LogP contribution is 2.27. The molecule has 1 N–H and O–H groups in total. The molecule has 1 unspecified atom stereocenters. The number of amides is 1. The molecule has 0 saturated heterocycles. The molecule has 16 heavy (non-hydrogen) atoms. The first-order valence-corrected chi connectivity index (χ1v) is 6.04. The lowest BCUT2D eigenvalue weighted by atomic mass is 9.84. The number of carbonyl (C=O) groups excluding carboxylic acids is 1. The Morgan fingerprint density at radius 2 is 1.94 bits per heavy atom. The summed E-state index contributed by atoms with van der Waals surface area (Å²) in [5.41, 5.74) is 2.43. The maximum Gasteiger partial charge on any atom is 0.223 e. The number of aryl methyl sites for hydroxylation is 1. The number of carbonyl (C=O) groups is 1. The minimum Gasteiger partial charge on any atom is -0.349 e. The molecule has 2 nitrogen and oxygen atoms in total. The third kappa shape index (κ3) is 2.43. The largest absolute Gasteiger partial charge is 0.349 e. The number of benzene rings is 1. The summed E-state index contributed by atoms with van der Waals surface area (Å²) < 4.78 is 0. The van der Waals surface area contributed by atoms with Crippen LogP contribution < -0.4 is 5.32 Å². The van der Waals surface area contributed by atoms with Crippen LogP contribution in [0.25, 0.3) is 0 Å². The monoisotopic (exact) mass is 217 g/mol. The number of rotatable bonds is 3. The van der Waals surface area contributed by atoms with Crippen LogP contribution in [0.15, 0.2) is 24.3 Å². The van der Waals surface area contributed by atoms with Crippen molar-refractivity contribution >= 4 is 5.91 Å². The van der Waals surface area contributed by atoms with Crippen molar-refractivity contribution in [1.82, 2.24) is 5.32 Å². The summed E-state index contributed by atoms with van der Waals surface area (Å²) in [4.78, 5) is 11.8. The van der Waals surface area contributed by atoms with Crippen molar-refractivity contribution in [2.45, 2.75) is 39.2 Å². The molecule has 2 heteroatoms. The van der Waals surface area contributed by atoms with Gasteiger partial charge in [-0.1, -0.05) is 36.2 Å². The lowest BCUT2D eigenvalue weighted by Crippen LogP contribution is -2.35. The number of hydrogen-bond donors (Lipinski definition) is 1. The predicted octanol–water partition coefficient (Wildman–Crippen LogP) is 2.97. The fourth-order valence-electron chi connectivity index (χ4n) is 1.94. The molecule has 2 rings (SSSR count). The van der Waals surface area contributed by atoms with Gasteiger partial charge in [-0.15, -0.1) is 0 Å². The lowest BCUT2D eigenvalue weighted by Gasteiger charge is -2.26. The first kappa shape index (κ1) is 11.2. The van der Waals surface area contributed by atoms with Crippen LogP contribution in [0.2, 0.25) is 0 Å². The standard InChI is InChI=1S/C14H19NO/c1-10-6-8-12(9-7-10)11(2)15-14(16)13-4-3-5-13/h6-9,11,13H,3-5H2,1-2H3,(H,15,16). The van der Waals surface area contributed by atoms with Crippen LogP contribution in [0.3, 0.4) is 0 Å². The van der Waals surface area contributed by atoms with E-state index in [1.807, 2.05) is 6.92 Å². The van der Waals surface area contributed by atoms with Gasteiger partial charge in [-0.25, -0.2) is 0 Å². The maximum atomic E-state index is 11.8. The van der Waals surface area contributed by atoms with Crippen molar-refractivity contribution < 1.29 is 4.79 Å². The van der Waals surface area contributed by atoms with Crippen molar-refractivity contribution in [3.63, 3.8) is 0 Å². The molecule has 86 valence electrons. The molecule has 1 aliphatic carbocycles. The van der Waals surface area contributed by atoms with Crippen LogP contribution in [-0.4, -0.2) is 5.91 Å². The highest BCUT2D eigenvalue weighted by Gasteiger charge is 2.26. The van der Waals surface area contributed by atoms with Gasteiger partial charge < -0.3 is 5.32 Å². The molecule has 0 aromatic heterocycles. The van der Waals surface area contributed by atoms with E-state index in [2.05, 4.69) is 36.5 Å². The van der Waals surface area contributed by atoms with E-state index in [4.69, 9.17) is 0 Å². The third-order valence-corrected chi connectivity index (χ3v) is 3.41. The van der Waals surface area contributed by atoms with Gasteiger partial charge in [-0.05, 0) is 32.3 Å². The van der Waals surface area contributed by atoms with Gasteiger partial charge in [-0.2, -0.15) is 0 Å². The van der Waals surface area contributed by atoms with Crippen LogP contribution in [0.5, 0.6) is 0 Å². The van der Waals surface area contributed by atoms with Crippen molar-refractivity contribution in [3.05, 3.63) is 35.4 Å². The fourth-order valence-corrected chi connectivity index (χ4v) is 1.94. The van der Waals surface area contributed by atoms with E-state index < -0.39 is 0 Å². The molecule has 1 aromatic carbocycles. The zero-order valence-electron chi connectivity index (χ0n) is 9.99. The fraction of sp³-hybridized carbons (Fsp3) is 0.500. The summed E-state index contributed by atoms with van der Waals surface area (Å²) in [5, 5.41) is 3.08. The Balaban J connectivity index is 1.94. The SMILES string of the molecule is Cc1ccc(C(C)NC(=O)C2CCC2)cc1. The zero-order valence-corrected chi connectivity index (χ0v) is 9.99.